The van der Waals surface area contributed by atoms with Gasteiger partial charge >= 0.3 is 0 Å². The van der Waals surface area contributed by atoms with E-state index in [1.165, 1.54) is 5.56 Å². The van der Waals surface area contributed by atoms with Crippen LogP contribution in [-0.2, 0) is 0 Å². The molecule has 20 heavy (non-hydrogen) atoms. The fourth-order valence-corrected chi connectivity index (χ4v) is 2.09. The summed E-state index contributed by atoms with van der Waals surface area (Å²) in [6, 6.07) is 11.2. The van der Waals surface area contributed by atoms with E-state index in [1.54, 1.807) is 18.3 Å². The van der Waals surface area contributed by atoms with Crippen LogP contribution in [0.25, 0.3) is 0 Å². The van der Waals surface area contributed by atoms with E-state index in [9.17, 15) is 4.79 Å². The van der Waals surface area contributed by atoms with Gasteiger partial charge in [0, 0.05) is 11.9 Å². The van der Waals surface area contributed by atoms with Crippen LogP contribution < -0.4 is 5.32 Å². The number of nitrogens with one attached hydrogen (secondary N) is 1. The molecule has 0 fully saturated rings. The third kappa shape index (κ3) is 3.36. The Hall–Kier alpha value is -1.87. The van der Waals surface area contributed by atoms with E-state index < -0.39 is 0 Å². The zero-order chi connectivity index (χ0) is 14.5. The first-order valence-corrected chi connectivity index (χ1v) is 7.01. The Labute approximate surface area is 124 Å². The van der Waals surface area contributed by atoms with Gasteiger partial charge in [0.05, 0.1) is 5.56 Å². The lowest BCUT2D eigenvalue weighted by Crippen LogP contribution is -2.12. The van der Waals surface area contributed by atoms with Crippen molar-refractivity contribution in [1.82, 2.24) is 4.98 Å². The number of halogens is 1. The van der Waals surface area contributed by atoms with Crippen LogP contribution in [0.3, 0.4) is 0 Å². The number of nitrogens with zero attached hydrogens (tertiary/aromatic N) is 1. The monoisotopic (exact) mass is 288 g/mol. The standard InChI is InChI=1S/C16H17ClN2O/c1-3-11(2)12-6-8-13(9-7-12)19-16(20)14-5-4-10-18-15(14)17/h4-11H,3H2,1-2H3,(H,19,20)/t11-/m1/s1. The van der Waals surface area contributed by atoms with Gasteiger partial charge in [-0.05, 0) is 42.2 Å². The summed E-state index contributed by atoms with van der Waals surface area (Å²) in [5, 5.41) is 3.03. The Morgan fingerprint density at radius 2 is 2.00 bits per heavy atom. The molecule has 0 saturated heterocycles. The lowest BCUT2D eigenvalue weighted by Gasteiger charge is -2.10. The predicted octanol–water partition coefficient (Wildman–Crippen LogP) is 4.50. The van der Waals surface area contributed by atoms with Crippen molar-refractivity contribution in [3.8, 4) is 0 Å². The SMILES string of the molecule is CC[C@@H](C)c1ccc(NC(=O)c2cccnc2Cl)cc1. The lowest BCUT2D eigenvalue weighted by molar-refractivity contribution is 0.102. The van der Waals surface area contributed by atoms with Gasteiger partial charge in [0.25, 0.3) is 5.91 Å². The molecule has 0 aliphatic heterocycles. The molecule has 1 aromatic heterocycles. The molecule has 3 nitrogen and oxygen atoms in total. The highest BCUT2D eigenvalue weighted by Gasteiger charge is 2.11. The maximum absolute atomic E-state index is 12.1. The number of anilines is 1. The molecule has 0 aliphatic rings. The third-order valence-corrected chi connectivity index (χ3v) is 3.65. The topological polar surface area (TPSA) is 42.0 Å². The largest absolute Gasteiger partial charge is 0.322 e. The van der Waals surface area contributed by atoms with E-state index >= 15 is 0 Å². The van der Waals surface area contributed by atoms with Gasteiger partial charge in [-0.15, -0.1) is 0 Å². The smallest absolute Gasteiger partial charge is 0.258 e. The zero-order valence-electron chi connectivity index (χ0n) is 11.6. The van der Waals surface area contributed by atoms with Crippen molar-refractivity contribution in [1.29, 1.82) is 0 Å². The van der Waals surface area contributed by atoms with Crippen LogP contribution in [0.4, 0.5) is 5.69 Å². The molecule has 1 amide bonds. The van der Waals surface area contributed by atoms with Gasteiger partial charge in [0.2, 0.25) is 0 Å². The maximum atomic E-state index is 12.1. The summed E-state index contributed by atoms with van der Waals surface area (Å²) in [6.45, 7) is 4.34. The van der Waals surface area contributed by atoms with Gasteiger partial charge in [0.1, 0.15) is 5.15 Å². The van der Waals surface area contributed by atoms with E-state index in [-0.39, 0.29) is 11.1 Å². The van der Waals surface area contributed by atoms with Gasteiger partial charge in [-0.3, -0.25) is 4.79 Å². The molecule has 0 radical (unpaired) electrons. The Morgan fingerprint density at radius 3 is 2.60 bits per heavy atom. The fraction of sp³-hybridized carbons (Fsp3) is 0.250. The average molecular weight is 289 g/mol. The van der Waals surface area contributed by atoms with Gasteiger partial charge < -0.3 is 5.32 Å². The van der Waals surface area contributed by atoms with Crippen molar-refractivity contribution in [3.63, 3.8) is 0 Å². The summed E-state index contributed by atoms with van der Waals surface area (Å²) in [4.78, 5) is 16.0. The number of pyridine rings is 1. The molecule has 1 heterocycles. The molecule has 0 bridgehead atoms. The molecular weight excluding hydrogens is 272 g/mol. The summed E-state index contributed by atoms with van der Waals surface area (Å²) in [7, 11) is 0. The molecule has 1 N–H and O–H groups in total. The van der Waals surface area contributed by atoms with E-state index in [0.717, 1.165) is 12.1 Å². The Kier molecular flexibility index (Phi) is 4.74. The maximum Gasteiger partial charge on any atom is 0.258 e. The summed E-state index contributed by atoms with van der Waals surface area (Å²) in [6.07, 6.45) is 2.65. The molecule has 0 spiro atoms. The van der Waals surface area contributed by atoms with Crippen LogP contribution in [0.2, 0.25) is 5.15 Å². The van der Waals surface area contributed by atoms with E-state index in [2.05, 4.69) is 24.1 Å². The molecule has 104 valence electrons. The van der Waals surface area contributed by atoms with Crippen LogP contribution in [0.5, 0.6) is 0 Å². The van der Waals surface area contributed by atoms with Crippen LogP contribution >= 0.6 is 11.6 Å². The van der Waals surface area contributed by atoms with Crippen LogP contribution in [0, 0.1) is 0 Å². The molecule has 1 aromatic carbocycles. The van der Waals surface area contributed by atoms with Gasteiger partial charge in [-0.1, -0.05) is 37.6 Å². The highest BCUT2D eigenvalue weighted by Crippen LogP contribution is 2.21. The molecular formula is C16H17ClN2O. The normalized spacial score (nSPS) is 11.9. The second kappa shape index (κ2) is 6.53. The number of amides is 1. The first-order valence-electron chi connectivity index (χ1n) is 6.63. The Morgan fingerprint density at radius 1 is 1.30 bits per heavy atom. The molecule has 2 aromatic rings. The summed E-state index contributed by atoms with van der Waals surface area (Å²) in [5.41, 5.74) is 2.40. The van der Waals surface area contributed by atoms with E-state index in [4.69, 9.17) is 11.6 Å². The second-order valence-corrected chi connectivity index (χ2v) is 5.09. The van der Waals surface area contributed by atoms with Crippen molar-refractivity contribution in [2.45, 2.75) is 26.2 Å². The molecule has 0 unspecified atom stereocenters. The number of carbonyl (C=O) groups excluding carboxylic acids is 1. The van der Waals surface area contributed by atoms with Gasteiger partial charge in [-0.2, -0.15) is 0 Å². The van der Waals surface area contributed by atoms with Crippen molar-refractivity contribution in [2.75, 3.05) is 5.32 Å². The molecule has 4 heteroatoms. The fourth-order valence-electron chi connectivity index (χ4n) is 1.88. The lowest BCUT2D eigenvalue weighted by atomic mass is 9.98. The second-order valence-electron chi connectivity index (χ2n) is 4.73. The quantitative estimate of drug-likeness (QED) is 0.842. The molecule has 2 rings (SSSR count). The number of rotatable bonds is 4. The first kappa shape index (κ1) is 14.5. The van der Waals surface area contributed by atoms with Gasteiger partial charge in [0.15, 0.2) is 0 Å². The minimum atomic E-state index is -0.251. The minimum Gasteiger partial charge on any atom is -0.322 e. The van der Waals surface area contributed by atoms with Crippen LogP contribution in [0.15, 0.2) is 42.6 Å². The van der Waals surface area contributed by atoms with Crippen molar-refractivity contribution >= 4 is 23.2 Å². The number of aromatic nitrogens is 1. The minimum absolute atomic E-state index is 0.209. The number of hydrogen-bond donors (Lipinski definition) is 1. The van der Waals surface area contributed by atoms with Crippen LogP contribution in [0.1, 0.15) is 42.1 Å². The number of carbonyl (C=O) groups is 1. The van der Waals surface area contributed by atoms with E-state index in [1.807, 2.05) is 24.3 Å². The molecule has 0 aliphatic carbocycles. The summed E-state index contributed by atoms with van der Waals surface area (Å²) in [5.74, 6) is 0.270. The number of benzene rings is 1. The first-order chi connectivity index (χ1) is 9.61. The van der Waals surface area contributed by atoms with Crippen molar-refractivity contribution in [2.24, 2.45) is 0 Å². The Balaban J connectivity index is 2.11. The third-order valence-electron chi connectivity index (χ3n) is 3.35. The van der Waals surface area contributed by atoms with Crippen molar-refractivity contribution in [3.05, 3.63) is 58.9 Å². The summed E-state index contributed by atoms with van der Waals surface area (Å²) >= 11 is 5.90. The molecule has 0 saturated carbocycles. The zero-order valence-corrected chi connectivity index (χ0v) is 12.3. The Bertz CT molecular complexity index is 596. The average Bonchev–Trinajstić information content (AvgIpc) is 2.47. The van der Waals surface area contributed by atoms with Crippen molar-refractivity contribution < 1.29 is 4.79 Å². The van der Waals surface area contributed by atoms with E-state index in [0.29, 0.717) is 11.5 Å². The van der Waals surface area contributed by atoms with Crippen LogP contribution in [-0.4, -0.2) is 10.9 Å². The number of hydrogen-bond acceptors (Lipinski definition) is 2. The van der Waals surface area contributed by atoms with Gasteiger partial charge in [-0.25, -0.2) is 4.98 Å². The predicted molar refractivity (Wildman–Crippen MR) is 82.3 cm³/mol. The summed E-state index contributed by atoms with van der Waals surface area (Å²) < 4.78 is 0. The highest BCUT2D eigenvalue weighted by molar-refractivity contribution is 6.33. The highest BCUT2D eigenvalue weighted by atomic mass is 35.5. The molecule has 1 atom stereocenters.